The van der Waals surface area contributed by atoms with Crippen molar-refractivity contribution < 1.29 is 9.50 Å². The first-order valence-electron chi connectivity index (χ1n) is 3.82. The number of halogens is 2. The lowest BCUT2D eigenvalue weighted by atomic mass is 10.2. The zero-order valence-electron chi connectivity index (χ0n) is 6.87. The monoisotopic (exact) mass is 201 g/mol. The van der Waals surface area contributed by atoms with Gasteiger partial charge in [-0.05, 0) is 12.5 Å². The Hall–Kier alpha value is -0.930. The van der Waals surface area contributed by atoms with E-state index in [0.717, 1.165) is 6.20 Å². The molecule has 0 aromatic carbocycles. The molecule has 2 nitrogen and oxygen atoms in total. The smallest absolute Gasteiger partial charge is 0.142 e. The molecule has 0 aliphatic rings. The van der Waals surface area contributed by atoms with Gasteiger partial charge < -0.3 is 5.11 Å². The third-order valence-corrected chi connectivity index (χ3v) is 1.74. The van der Waals surface area contributed by atoms with Crippen LogP contribution in [0.15, 0.2) is 18.3 Å². The van der Waals surface area contributed by atoms with E-state index < -0.39 is 5.82 Å². The van der Waals surface area contributed by atoms with Gasteiger partial charge in [0.2, 0.25) is 0 Å². The quantitative estimate of drug-likeness (QED) is 0.762. The summed E-state index contributed by atoms with van der Waals surface area (Å²) < 4.78 is 12.7. The van der Waals surface area contributed by atoms with Crippen molar-refractivity contribution >= 4 is 17.7 Å². The Morgan fingerprint density at radius 1 is 1.62 bits per heavy atom. The molecule has 0 unspecified atom stereocenters. The first kappa shape index (κ1) is 10.2. The topological polar surface area (TPSA) is 33.1 Å². The van der Waals surface area contributed by atoms with Gasteiger partial charge in [0.1, 0.15) is 11.0 Å². The Morgan fingerprint density at radius 2 is 2.38 bits per heavy atom. The second-order valence-electron chi connectivity index (χ2n) is 2.45. The molecule has 0 atom stereocenters. The van der Waals surface area contributed by atoms with E-state index in [1.807, 2.05) is 0 Å². The highest BCUT2D eigenvalue weighted by molar-refractivity contribution is 6.30. The van der Waals surface area contributed by atoms with Crippen molar-refractivity contribution in [2.45, 2.75) is 6.42 Å². The second kappa shape index (κ2) is 4.94. The summed E-state index contributed by atoms with van der Waals surface area (Å²) >= 11 is 5.68. The van der Waals surface area contributed by atoms with Crippen LogP contribution in [0.2, 0.25) is 5.15 Å². The maximum Gasteiger partial charge on any atom is 0.142 e. The normalized spacial score (nSPS) is 11.0. The number of aliphatic hydroxyl groups excluding tert-OH is 1. The van der Waals surface area contributed by atoms with Gasteiger partial charge in [0.25, 0.3) is 0 Å². The van der Waals surface area contributed by atoms with E-state index in [0.29, 0.717) is 12.0 Å². The Bertz CT molecular complexity index is 314. The van der Waals surface area contributed by atoms with Crippen LogP contribution in [0.5, 0.6) is 0 Å². The first-order valence-corrected chi connectivity index (χ1v) is 4.20. The molecule has 4 heteroatoms. The van der Waals surface area contributed by atoms with Crippen LogP contribution in [0.25, 0.3) is 6.08 Å². The fourth-order valence-electron chi connectivity index (χ4n) is 0.840. The minimum atomic E-state index is -0.423. The van der Waals surface area contributed by atoms with Gasteiger partial charge in [0, 0.05) is 12.2 Å². The Balaban J connectivity index is 2.81. The number of hydrogen-bond acceptors (Lipinski definition) is 2. The summed E-state index contributed by atoms with van der Waals surface area (Å²) in [5.41, 5.74) is 0.523. The van der Waals surface area contributed by atoms with Crippen LogP contribution < -0.4 is 0 Å². The molecule has 1 heterocycles. The summed E-state index contributed by atoms with van der Waals surface area (Å²) in [6.07, 6.45) is 4.93. The third-order valence-electron chi connectivity index (χ3n) is 1.43. The summed E-state index contributed by atoms with van der Waals surface area (Å²) in [5, 5.41) is 8.75. The highest BCUT2D eigenvalue weighted by Crippen LogP contribution is 2.15. The SMILES string of the molecule is OCCC=Cc1cc(F)cnc1Cl. The molecule has 0 aliphatic carbocycles. The number of hydrogen-bond donors (Lipinski definition) is 1. The zero-order chi connectivity index (χ0) is 9.68. The number of rotatable bonds is 3. The highest BCUT2D eigenvalue weighted by Gasteiger charge is 1.98. The lowest BCUT2D eigenvalue weighted by Gasteiger charge is -1.96. The number of nitrogens with zero attached hydrogens (tertiary/aromatic N) is 1. The lowest BCUT2D eigenvalue weighted by Crippen LogP contribution is -1.84. The highest BCUT2D eigenvalue weighted by atomic mass is 35.5. The van der Waals surface area contributed by atoms with Crippen LogP contribution in [-0.2, 0) is 0 Å². The molecule has 1 N–H and O–H groups in total. The van der Waals surface area contributed by atoms with Crippen molar-refractivity contribution in [2.24, 2.45) is 0 Å². The van der Waals surface area contributed by atoms with E-state index in [-0.39, 0.29) is 11.8 Å². The van der Waals surface area contributed by atoms with Crippen molar-refractivity contribution in [3.63, 3.8) is 0 Å². The second-order valence-corrected chi connectivity index (χ2v) is 2.81. The summed E-state index contributed by atoms with van der Waals surface area (Å²) in [6.45, 7) is 0.0663. The molecule has 0 bridgehead atoms. The van der Waals surface area contributed by atoms with Crippen LogP contribution >= 0.6 is 11.6 Å². The molecule has 0 spiro atoms. The molecule has 70 valence electrons. The van der Waals surface area contributed by atoms with E-state index in [1.54, 1.807) is 12.2 Å². The first-order chi connectivity index (χ1) is 6.24. The van der Waals surface area contributed by atoms with E-state index in [1.165, 1.54) is 6.07 Å². The molecule has 0 saturated carbocycles. The minimum Gasteiger partial charge on any atom is -0.396 e. The van der Waals surface area contributed by atoms with Gasteiger partial charge >= 0.3 is 0 Å². The van der Waals surface area contributed by atoms with Crippen LogP contribution in [-0.4, -0.2) is 16.7 Å². The molecule has 0 aliphatic heterocycles. The average Bonchev–Trinajstić information content (AvgIpc) is 2.11. The molecule has 0 saturated heterocycles. The summed E-state index contributed by atoms with van der Waals surface area (Å²) in [7, 11) is 0. The summed E-state index contributed by atoms with van der Waals surface area (Å²) in [5.74, 6) is -0.423. The number of aliphatic hydroxyl groups is 1. The van der Waals surface area contributed by atoms with E-state index in [4.69, 9.17) is 16.7 Å². The van der Waals surface area contributed by atoms with E-state index in [2.05, 4.69) is 4.98 Å². The van der Waals surface area contributed by atoms with Crippen LogP contribution in [0.4, 0.5) is 4.39 Å². The van der Waals surface area contributed by atoms with Crippen molar-refractivity contribution in [1.29, 1.82) is 0 Å². The predicted octanol–water partition coefficient (Wildman–Crippen LogP) is 2.27. The Morgan fingerprint density at radius 3 is 3.08 bits per heavy atom. The van der Waals surface area contributed by atoms with Gasteiger partial charge in [-0.1, -0.05) is 23.8 Å². The van der Waals surface area contributed by atoms with Crippen LogP contribution in [0.1, 0.15) is 12.0 Å². The molecule has 0 radical (unpaired) electrons. The lowest BCUT2D eigenvalue weighted by molar-refractivity contribution is 0.303. The van der Waals surface area contributed by atoms with Crippen molar-refractivity contribution in [1.82, 2.24) is 4.98 Å². The van der Waals surface area contributed by atoms with Crippen molar-refractivity contribution in [2.75, 3.05) is 6.61 Å². The molecule has 1 aromatic rings. The Labute approximate surface area is 80.7 Å². The zero-order valence-corrected chi connectivity index (χ0v) is 7.63. The molecule has 0 amide bonds. The molecule has 1 aromatic heterocycles. The predicted molar refractivity (Wildman–Crippen MR) is 49.9 cm³/mol. The third kappa shape index (κ3) is 3.13. The fourth-order valence-corrected chi connectivity index (χ4v) is 1.01. The van der Waals surface area contributed by atoms with Crippen molar-refractivity contribution in [3.05, 3.63) is 34.9 Å². The fraction of sp³-hybridized carbons (Fsp3) is 0.222. The molecule has 0 fully saturated rings. The van der Waals surface area contributed by atoms with E-state index >= 15 is 0 Å². The summed E-state index contributed by atoms with van der Waals surface area (Å²) in [4.78, 5) is 3.63. The number of pyridine rings is 1. The van der Waals surface area contributed by atoms with Gasteiger partial charge in [-0.25, -0.2) is 9.37 Å². The van der Waals surface area contributed by atoms with Crippen molar-refractivity contribution in [3.8, 4) is 0 Å². The molecule has 1 rings (SSSR count). The molecular formula is C9H9ClFNO. The largest absolute Gasteiger partial charge is 0.396 e. The van der Waals surface area contributed by atoms with Gasteiger partial charge in [0.15, 0.2) is 0 Å². The van der Waals surface area contributed by atoms with Gasteiger partial charge in [-0.3, -0.25) is 0 Å². The van der Waals surface area contributed by atoms with Crippen LogP contribution in [0, 0.1) is 5.82 Å². The summed E-state index contributed by atoms with van der Waals surface area (Å²) in [6, 6.07) is 1.29. The van der Waals surface area contributed by atoms with Crippen LogP contribution in [0.3, 0.4) is 0 Å². The minimum absolute atomic E-state index is 0.0663. The van der Waals surface area contributed by atoms with Gasteiger partial charge in [-0.15, -0.1) is 0 Å². The maximum absolute atomic E-state index is 12.7. The van der Waals surface area contributed by atoms with E-state index in [9.17, 15) is 4.39 Å². The standard InChI is InChI=1S/C9H9ClFNO/c10-9-7(3-1-2-4-13)5-8(11)6-12-9/h1,3,5-6,13H,2,4H2. The maximum atomic E-state index is 12.7. The van der Waals surface area contributed by atoms with Gasteiger partial charge in [0.05, 0.1) is 6.20 Å². The average molecular weight is 202 g/mol. The Kier molecular flexibility index (Phi) is 3.86. The number of aromatic nitrogens is 1. The van der Waals surface area contributed by atoms with Gasteiger partial charge in [-0.2, -0.15) is 0 Å². The molecule has 13 heavy (non-hydrogen) atoms. The molecular weight excluding hydrogens is 193 g/mol.